The molecule has 0 radical (unpaired) electrons. The van der Waals surface area contributed by atoms with Crippen LogP contribution >= 0.6 is 0 Å². The van der Waals surface area contributed by atoms with E-state index in [0.29, 0.717) is 12.1 Å². The first-order chi connectivity index (χ1) is 10.5. The van der Waals surface area contributed by atoms with E-state index in [-0.39, 0.29) is 17.7 Å². The Kier molecular flexibility index (Phi) is 7.64. The van der Waals surface area contributed by atoms with Gasteiger partial charge in [-0.3, -0.25) is 9.59 Å². The Labute approximate surface area is 133 Å². The fourth-order valence-electron chi connectivity index (χ4n) is 2.30. The molecule has 4 heteroatoms. The molecule has 0 bridgehead atoms. The number of amides is 2. The molecule has 1 rings (SSSR count). The lowest BCUT2D eigenvalue weighted by atomic mass is 10.0. The van der Waals surface area contributed by atoms with Gasteiger partial charge in [0.15, 0.2) is 0 Å². The van der Waals surface area contributed by atoms with Gasteiger partial charge in [-0.15, -0.1) is 0 Å². The topological polar surface area (TPSA) is 49.4 Å². The quantitative estimate of drug-likeness (QED) is 0.802. The maximum Gasteiger partial charge on any atom is 0.251 e. The maximum atomic E-state index is 12.7. The van der Waals surface area contributed by atoms with Crippen LogP contribution in [0.3, 0.4) is 0 Å². The molecule has 0 saturated heterocycles. The Morgan fingerprint density at radius 2 is 1.77 bits per heavy atom. The van der Waals surface area contributed by atoms with E-state index in [1.165, 1.54) is 0 Å². The zero-order valence-corrected chi connectivity index (χ0v) is 14.1. The number of carbonyl (C=O) groups is 2. The van der Waals surface area contributed by atoms with Crippen LogP contribution < -0.4 is 5.32 Å². The molecule has 0 spiro atoms. The summed E-state index contributed by atoms with van der Waals surface area (Å²) in [6.07, 6.45) is 2.03. The normalized spacial score (nSPS) is 12.0. The minimum atomic E-state index is -0.482. The highest BCUT2D eigenvalue weighted by atomic mass is 16.2. The minimum absolute atomic E-state index is 0.00947. The van der Waals surface area contributed by atoms with E-state index < -0.39 is 6.04 Å². The molecular formula is C18H28N2O2. The lowest BCUT2D eigenvalue weighted by molar-refractivity contribution is -0.134. The van der Waals surface area contributed by atoms with Crippen LogP contribution in [0.25, 0.3) is 0 Å². The molecule has 4 nitrogen and oxygen atoms in total. The molecule has 0 heterocycles. The number of benzene rings is 1. The van der Waals surface area contributed by atoms with Crippen LogP contribution in [0.15, 0.2) is 30.3 Å². The van der Waals surface area contributed by atoms with Crippen molar-refractivity contribution in [3.63, 3.8) is 0 Å². The summed E-state index contributed by atoms with van der Waals surface area (Å²) in [4.78, 5) is 26.8. The highest BCUT2D eigenvalue weighted by Crippen LogP contribution is 2.09. The average molecular weight is 304 g/mol. The summed E-state index contributed by atoms with van der Waals surface area (Å²) in [6.45, 7) is 9.42. The fourth-order valence-corrected chi connectivity index (χ4v) is 2.30. The van der Waals surface area contributed by atoms with Crippen LogP contribution in [0.2, 0.25) is 0 Å². The summed E-state index contributed by atoms with van der Waals surface area (Å²) in [5.74, 6) is -0.134. The van der Waals surface area contributed by atoms with Gasteiger partial charge in [-0.1, -0.05) is 45.4 Å². The first-order valence-electron chi connectivity index (χ1n) is 8.15. The van der Waals surface area contributed by atoms with E-state index in [1.54, 1.807) is 12.1 Å². The lowest BCUT2D eigenvalue weighted by Crippen LogP contribution is -2.51. The standard InChI is InChI=1S/C18H28N2O2/c1-5-7-13-20(6-2)18(22)16(14(3)4)19-17(21)15-11-9-8-10-12-15/h8-12,14,16H,5-7,13H2,1-4H3,(H,19,21). The second-order valence-corrected chi connectivity index (χ2v) is 5.83. The second kappa shape index (κ2) is 9.23. The van der Waals surface area contributed by atoms with E-state index in [0.717, 1.165) is 19.4 Å². The van der Waals surface area contributed by atoms with Gasteiger partial charge in [0.1, 0.15) is 6.04 Å². The van der Waals surface area contributed by atoms with Crippen molar-refractivity contribution in [1.29, 1.82) is 0 Å². The number of hydrogen-bond acceptors (Lipinski definition) is 2. The highest BCUT2D eigenvalue weighted by molar-refractivity contribution is 5.97. The third-order valence-corrected chi connectivity index (χ3v) is 3.73. The Morgan fingerprint density at radius 1 is 1.14 bits per heavy atom. The summed E-state index contributed by atoms with van der Waals surface area (Å²) in [5.41, 5.74) is 0.581. The van der Waals surface area contributed by atoms with E-state index in [1.807, 2.05) is 43.9 Å². The van der Waals surface area contributed by atoms with Gasteiger partial charge in [0, 0.05) is 18.7 Å². The van der Waals surface area contributed by atoms with Crippen molar-refractivity contribution < 1.29 is 9.59 Å². The molecule has 0 aliphatic carbocycles. The van der Waals surface area contributed by atoms with Crippen molar-refractivity contribution >= 4 is 11.8 Å². The molecule has 0 aliphatic rings. The molecule has 0 aliphatic heterocycles. The Hall–Kier alpha value is -1.84. The highest BCUT2D eigenvalue weighted by Gasteiger charge is 2.27. The lowest BCUT2D eigenvalue weighted by Gasteiger charge is -2.29. The predicted octanol–water partition coefficient (Wildman–Crippen LogP) is 3.09. The summed E-state index contributed by atoms with van der Waals surface area (Å²) < 4.78 is 0. The maximum absolute atomic E-state index is 12.7. The molecule has 1 atom stereocenters. The van der Waals surface area contributed by atoms with Crippen LogP contribution in [0.1, 0.15) is 50.9 Å². The fraction of sp³-hybridized carbons (Fsp3) is 0.556. The molecular weight excluding hydrogens is 276 g/mol. The third kappa shape index (κ3) is 5.17. The number of hydrogen-bond donors (Lipinski definition) is 1. The zero-order valence-electron chi connectivity index (χ0n) is 14.1. The first kappa shape index (κ1) is 18.2. The molecule has 0 saturated carbocycles. The Bertz CT molecular complexity index is 471. The van der Waals surface area contributed by atoms with Crippen LogP contribution in [0.5, 0.6) is 0 Å². The largest absolute Gasteiger partial charge is 0.341 e. The Balaban J connectivity index is 2.80. The monoisotopic (exact) mass is 304 g/mol. The predicted molar refractivity (Wildman–Crippen MR) is 89.7 cm³/mol. The van der Waals surface area contributed by atoms with Gasteiger partial charge in [-0.05, 0) is 31.4 Å². The van der Waals surface area contributed by atoms with Gasteiger partial charge in [0.25, 0.3) is 5.91 Å². The van der Waals surface area contributed by atoms with Crippen LogP contribution in [-0.4, -0.2) is 35.8 Å². The molecule has 1 N–H and O–H groups in total. The van der Waals surface area contributed by atoms with Crippen LogP contribution in [0, 0.1) is 5.92 Å². The van der Waals surface area contributed by atoms with Gasteiger partial charge in [-0.25, -0.2) is 0 Å². The van der Waals surface area contributed by atoms with E-state index in [2.05, 4.69) is 12.2 Å². The summed E-state index contributed by atoms with van der Waals surface area (Å²) in [5, 5.41) is 2.89. The van der Waals surface area contributed by atoms with E-state index >= 15 is 0 Å². The summed E-state index contributed by atoms with van der Waals surface area (Å²) in [7, 11) is 0. The number of rotatable bonds is 8. The third-order valence-electron chi connectivity index (χ3n) is 3.73. The smallest absolute Gasteiger partial charge is 0.251 e. The van der Waals surface area contributed by atoms with Gasteiger partial charge in [-0.2, -0.15) is 0 Å². The molecule has 1 aromatic carbocycles. The Morgan fingerprint density at radius 3 is 2.27 bits per heavy atom. The van der Waals surface area contributed by atoms with Gasteiger partial charge >= 0.3 is 0 Å². The molecule has 1 unspecified atom stereocenters. The number of unbranched alkanes of at least 4 members (excludes halogenated alkanes) is 1. The molecule has 122 valence electrons. The molecule has 0 fully saturated rings. The van der Waals surface area contributed by atoms with Gasteiger partial charge in [0.2, 0.25) is 5.91 Å². The SMILES string of the molecule is CCCCN(CC)C(=O)C(NC(=O)c1ccccc1)C(C)C. The van der Waals surface area contributed by atoms with Crippen molar-refractivity contribution in [1.82, 2.24) is 10.2 Å². The second-order valence-electron chi connectivity index (χ2n) is 5.83. The molecule has 22 heavy (non-hydrogen) atoms. The number of likely N-dealkylation sites (N-methyl/N-ethyl adjacent to an activating group) is 1. The average Bonchev–Trinajstić information content (AvgIpc) is 2.53. The van der Waals surface area contributed by atoms with Gasteiger partial charge < -0.3 is 10.2 Å². The van der Waals surface area contributed by atoms with Crippen molar-refractivity contribution in [3.05, 3.63) is 35.9 Å². The molecule has 0 aromatic heterocycles. The number of nitrogens with zero attached hydrogens (tertiary/aromatic N) is 1. The zero-order chi connectivity index (χ0) is 16.5. The number of nitrogens with one attached hydrogen (secondary N) is 1. The minimum Gasteiger partial charge on any atom is -0.341 e. The van der Waals surface area contributed by atoms with Crippen molar-refractivity contribution in [2.45, 2.75) is 46.6 Å². The van der Waals surface area contributed by atoms with Crippen molar-refractivity contribution in [2.75, 3.05) is 13.1 Å². The first-order valence-corrected chi connectivity index (χ1v) is 8.15. The van der Waals surface area contributed by atoms with E-state index in [4.69, 9.17) is 0 Å². The van der Waals surface area contributed by atoms with E-state index in [9.17, 15) is 9.59 Å². The van der Waals surface area contributed by atoms with Crippen LogP contribution in [0.4, 0.5) is 0 Å². The summed E-state index contributed by atoms with van der Waals surface area (Å²) >= 11 is 0. The van der Waals surface area contributed by atoms with Crippen molar-refractivity contribution in [3.8, 4) is 0 Å². The van der Waals surface area contributed by atoms with Crippen molar-refractivity contribution in [2.24, 2.45) is 5.92 Å². The molecule has 2 amide bonds. The molecule has 1 aromatic rings. The number of carbonyl (C=O) groups excluding carboxylic acids is 2. The van der Waals surface area contributed by atoms with Crippen LogP contribution in [-0.2, 0) is 4.79 Å². The van der Waals surface area contributed by atoms with Gasteiger partial charge in [0.05, 0.1) is 0 Å². The summed E-state index contributed by atoms with van der Waals surface area (Å²) in [6, 6.07) is 8.54.